The molecule has 0 aliphatic carbocycles. The van der Waals surface area contributed by atoms with Gasteiger partial charge in [0.05, 0.1) is 18.8 Å². The van der Waals surface area contributed by atoms with Gasteiger partial charge in [-0.3, -0.25) is 0 Å². The number of benzene rings is 2. The Bertz CT molecular complexity index is 748. The highest BCUT2D eigenvalue weighted by molar-refractivity contribution is 6.31. The fraction of sp³-hybridized carbons (Fsp3) is 0.400. The monoisotopic (exact) mass is 378 g/mol. The predicted molar refractivity (Wildman–Crippen MR) is 98.3 cm³/mol. The Morgan fingerprint density at radius 2 is 1.96 bits per heavy atom. The van der Waals surface area contributed by atoms with E-state index in [0.717, 1.165) is 16.7 Å². The summed E-state index contributed by atoms with van der Waals surface area (Å²) in [6.45, 7) is -0.184. The van der Waals surface area contributed by atoms with Crippen LogP contribution in [0.2, 0.25) is 5.02 Å². The van der Waals surface area contributed by atoms with Gasteiger partial charge in [0.1, 0.15) is 5.75 Å². The smallest absolute Gasteiger partial charge is 0.197 e. The molecule has 1 fully saturated rings. The van der Waals surface area contributed by atoms with Crippen LogP contribution in [-0.4, -0.2) is 41.2 Å². The highest BCUT2D eigenvalue weighted by Gasteiger charge is 2.43. The fourth-order valence-electron chi connectivity index (χ4n) is 3.39. The Kier molecular flexibility index (Phi) is 5.85. The SMILES string of the molecule is COC1(c2ccc(Cl)c(Cc3ccc(O)cc3)c2)CC(O)CC(CO)O1. The van der Waals surface area contributed by atoms with E-state index in [0.29, 0.717) is 17.9 Å². The molecule has 140 valence electrons. The Morgan fingerprint density at radius 1 is 1.23 bits per heavy atom. The maximum Gasteiger partial charge on any atom is 0.197 e. The molecule has 0 bridgehead atoms. The molecule has 0 spiro atoms. The van der Waals surface area contributed by atoms with Crippen molar-refractivity contribution in [2.45, 2.75) is 37.3 Å². The lowest BCUT2D eigenvalue weighted by Crippen LogP contribution is -2.46. The highest BCUT2D eigenvalue weighted by Crippen LogP contribution is 2.40. The van der Waals surface area contributed by atoms with Crippen LogP contribution in [0.4, 0.5) is 0 Å². The first kappa shape index (κ1) is 19.1. The normalized spacial score (nSPS) is 26.0. The summed E-state index contributed by atoms with van der Waals surface area (Å²) in [7, 11) is 1.53. The number of hydrogen-bond acceptors (Lipinski definition) is 5. The summed E-state index contributed by atoms with van der Waals surface area (Å²) < 4.78 is 11.6. The average Bonchev–Trinajstić information content (AvgIpc) is 2.64. The van der Waals surface area contributed by atoms with Crippen molar-refractivity contribution >= 4 is 11.6 Å². The van der Waals surface area contributed by atoms with Crippen LogP contribution in [0.5, 0.6) is 5.75 Å². The van der Waals surface area contributed by atoms with Gasteiger partial charge in [-0.2, -0.15) is 0 Å². The summed E-state index contributed by atoms with van der Waals surface area (Å²) in [4.78, 5) is 0. The number of hydrogen-bond donors (Lipinski definition) is 3. The second kappa shape index (κ2) is 7.94. The molecule has 3 N–H and O–H groups in total. The van der Waals surface area contributed by atoms with Gasteiger partial charge >= 0.3 is 0 Å². The number of ether oxygens (including phenoxy) is 2. The third kappa shape index (κ3) is 4.03. The quantitative estimate of drug-likeness (QED) is 0.745. The minimum atomic E-state index is -1.13. The maximum atomic E-state index is 10.2. The lowest BCUT2D eigenvalue weighted by Gasteiger charge is -2.42. The molecular weight excluding hydrogens is 356 g/mol. The Balaban J connectivity index is 1.93. The van der Waals surface area contributed by atoms with Crippen molar-refractivity contribution in [1.29, 1.82) is 0 Å². The number of methoxy groups -OCH3 is 1. The molecule has 1 saturated heterocycles. The van der Waals surface area contributed by atoms with Gasteiger partial charge in [0, 0.05) is 30.5 Å². The molecule has 3 rings (SSSR count). The molecule has 26 heavy (non-hydrogen) atoms. The van der Waals surface area contributed by atoms with E-state index in [1.54, 1.807) is 18.2 Å². The molecule has 0 saturated carbocycles. The number of aliphatic hydroxyl groups excluding tert-OH is 2. The van der Waals surface area contributed by atoms with E-state index in [9.17, 15) is 15.3 Å². The van der Waals surface area contributed by atoms with E-state index in [1.807, 2.05) is 24.3 Å². The van der Waals surface area contributed by atoms with E-state index < -0.39 is 18.0 Å². The van der Waals surface area contributed by atoms with Gasteiger partial charge in [-0.05, 0) is 41.8 Å². The van der Waals surface area contributed by atoms with Crippen molar-refractivity contribution < 1.29 is 24.8 Å². The van der Waals surface area contributed by atoms with E-state index in [2.05, 4.69) is 0 Å². The van der Waals surface area contributed by atoms with Crippen molar-refractivity contribution in [1.82, 2.24) is 0 Å². The van der Waals surface area contributed by atoms with Crippen molar-refractivity contribution in [3.05, 3.63) is 64.2 Å². The molecule has 0 amide bonds. The molecule has 5 nitrogen and oxygen atoms in total. The van der Waals surface area contributed by atoms with Gasteiger partial charge < -0.3 is 24.8 Å². The molecule has 6 heteroatoms. The second-order valence-electron chi connectivity index (χ2n) is 6.62. The van der Waals surface area contributed by atoms with Gasteiger partial charge in [0.15, 0.2) is 5.79 Å². The zero-order valence-electron chi connectivity index (χ0n) is 14.6. The molecule has 3 unspecified atom stereocenters. The van der Waals surface area contributed by atoms with E-state index in [4.69, 9.17) is 21.1 Å². The number of aliphatic hydroxyl groups is 2. The summed E-state index contributed by atoms with van der Waals surface area (Å²) >= 11 is 6.37. The Morgan fingerprint density at radius 3 is 2.62 bits per heavy atom. The molecule has 3 atom stereocenters. The summed E-state index contributed by atoms with van der Waals surface area (Å²) in [5.41, 5.74) is 2.64. The van der Waals surface area contributed by atoms with Crippen molar-refractivity contribution in [2.75, 3.05) is 13.7 Å². The third-order valence-corrected chi connectivity index (χ3v) is 5.11. The molecular formula is C20H23ClO5. The standard InChI is InChI=1S/C20H23ClO5/c1-25-20(11-17(24)10-18(12-22)26-20)15-4-7-19(21)14(9-15)8-13-2-5-16(23)6-3-13/h2-7,9,17-18,22-24H,8,10-12H2,1H3. The van der Waals surface area contributed by atoms with E-state index in [-0.39, 0.29) is 18.8 Å². The van der Waals surface area contributed by atoms with Gasteiger partial charge in [0.25, 0.3) is 0 Å². The van der Waals surface area contributed by atoms with Crippen LogP contribution in [0.25, 0.3) is 0 Å². The fourth-order valence-corrected chi connectivity index (χ4v) is 3.57. The van der Waals surface area contributed by atoms with Gasteiger partial charge in [0.2, 0.25) is 0 Å². The third-order valence-electron chi connectivity index (χ3n) is 4.75. The van der Waals surface area contributed by atoms with Crippen LogP contribution >= 0.6 is 11.6 Å². The Hall–Kier alpha value is -1.63. The lowest BCUT2D eigenvalue weighted by molar-refractivity contribution is -0.298. The van der Waals surface area contributed by atoms with Crippen LogP contribution in [-0.2, 0) is 21.7 Å². The number of rotatable bonds is 5. The van der Waals surface area contributed by atoms with Crippen LogP contribution < -0.4 is 0 Å². The number of phenols is 1. The summed E-state index contributed by atoms with van der Waals surface area (Å²) in [5.74, 6) is -0.911. The first-order valence-electron chi connectivity index (χ1n) is 8.54. The van der Waals surface area contributed by atoms with E-state index in [1.165, 1.54) is 7.11 Å². The van der Waals surface area contributed by atoms with Crippen molar-refractivity contribution in [3.63, 3.8) is 0 Å². The van der Waals surface area contributed by atoms with Gasteiger partial charge in [-0.15, -0.1) is 0 Å². The molecule has 0 radical (unpaired) electrons. The first-order valence-corrected chi connectivity index (χ1v) is 8.92. The second-order valence-corrected chi connectivity index (χ2v) is 7.03. The summed E-state index contributed by atoms with van der Waals surface area (Å²) in [6, 6.07) is 12.5. The largest absolute Gasteiger partial charge is 0.508 e. The minimum absolute atomic E-state index is 0.184. The summed E-state index contributed by atoms with van der Waals surface area (Å²) in [6.07, 6.45) is 0.112. The van der Waals surface area contributed by atoms with Gasteiger partial charge in [-0.25, -0.2) is 0 Å². The zero-order valence-corrected chi connectivity index (χ0v) is 15.3. The maximum absolute atomic E-state index is 10.2. The molecule has 0 aromatic heterocycles. The van der Waals surface area contributed by atoms with Crippen LogP contribution in [0, 0.1) is 0 Å². The van der Waals surface area contributed by atoms with Crippen molar-refractivity contribution in [3.8, 4) is 5.75 Å². The predicted octanol–water partition coefficient (Wildman–Crippen LogP) is 2.97. The van der Waals surface area contributed by atoms with Crippen LogP contribution in [0.1, 0.15) is 29.5 Å². The molecule has 1 aliphatic heterocycles. The minimum Gasteiger partial charge on any atom is -0.508 e. The van der Waals surface area contributed by atoms with E-state index >= 15 is 0 Å². The van der Waals surface area contributed by atoms with Crippen LogP contribution in [0.3, 0.4) is 0 Å². The molecule has 2 aromatic carbocycles. The Labute approximate surface area is 157 Å². The number of aromatic hydroxyl groups is 1. The number of halogens is 1. The van der Waals surface area contributed by atoms with Crippen LogP contribution in [0.15, 0.2) is 42.5 Å². The zero-order chi connectivity index (χ0) is 18.7. The lowest BCUT2D eigenvalue weighted by atomic mass is 9.91. The highest BCUT2D eigenvalue weighted by atomic mass is 35.5. The van der Waals surface area contributed by atoms with Gasteiger partial charge in [-0.1, -0.05) is 29.8 Å². The average molecular weight is 379 g/mol. The molecule has 1 aliphatic rings. The summed E-state index contributed by atoms with van der Waals surface area (Å²) in [5, 5.41) is 29.7. The van der Waals surface area contributed by atoms with Crippen molar-refractivity contribution in [2.24, 2.45) is 0 Å². The molecule has 2 aromatic rings. The first-order chi connectivity index (χ1) is 12.5. The topological polar surface area (TPSA) is 79.2 Å². The molecule has 1 heterocycles. The number of phenolic OH excluding ortho intramolecular Hbond substituents is 1.